The predicted octanol–water partition coefficient (Wildman–Crippen LogP) is 6.27. The lowest BCUT2D eigenvalue weighted by molar-refractivity contribution is -0.137. The summed E-state index contributed by atoms with van der Waals surface area (Å²) >= 11 is 0. The molecule has 0 aliphatic heterocycles. The Hall–Kier alpha value is -2.83. The van der Waals surface area contributed by atoms with Crippen molar-refractivity contribution in [2.24, 2.45) is 0 Å². The molecule has 0 fully saturated rings. The highest BCUT2D eigenvalue weighted by Crippen LogP contribution is 2.32. The Labute approximate surface area is 187 Å². The summed E-state index contributed by atoms with van der Waals surface area (Å²) < 4.78 is 44.6. The van der Waals surface area contributed by atoms with Crippen LogP contribution < -0.4 is 4.74 Å². The van der Waals surface area contributed by atoms with E-state index >= 15 is 0 Å². The molecule has 0 heterocycles. The van der Waals surface area contributed by atoms with Gasteiger partial charge in [0.1, 0.15) is 11.9 Å². The minimum atomic E-state index is -4.37. The van der Waals surface area contributed by atoms with Crippen LogP contribution in [0.3, 0.4) is 0 Å². The SMILES string of the molecule is CN(CCC(O)c1ccccc1)CCC(Oc1ccc(C(F)(F)F)cc1)c1ccccc1. The molecule has 2 atom stereocenters. The van der Waals surface area contributed by atoms with E-state index in [1.54, 1.807) is 0 Å². The van der Waals surface area contributed by atoms with Crippen LogP contribution in [0.2, 0.25) is 0 Å². The van der Waals surface area contributed by atoms with Gasteiger partial charge in [0.05, 0.1) is 11.7 Å². The topological polar surface area (TPSA) is 32.7 Å². The molecule has 0 aromatic heterocycles. The first-order valence-corrected chi connectivity index (χ1v) is 10.6. The predicted molar refractivity (Wildman–Crippen MR) is 119 cm³/mol. The van der Waals surface area contributed by atoms with Crippen molar-refractivity contribution < 1.29 is 23.0 Å². The summed E-state index contributed by atoms with van der Waals surface area (Å²) in [5.41, 5.74) is 1.16. The van der Waals surface area contributed by atoms with Gasteiger partial charge in [0.25, 0.3) is 0 Å². The molecule has 0 saturated heterocycles. The monoisotopic (exact) mass is 443 g/mol. The van der Waals surface area contributed by atoms with Gasteiger partial charge in [-0.2, -0.15) is 13.2 Å². The lowest BCUT2D eigenvalue weighted by Gasteiger charge is -2.24. The molecule has 6 heteroatoms. The van der Waals surface area contributed by atoms with Crippen LogP contribution >= 0.6 is 0 Å². The number of benzene rings is 3. The van der Waals surface area contributed by atoms with E-state index in [1.165, 1.54) is 12.1 Å². The van der Waals surface area contributed by atoms with Crippen molar-refractivity contribution in [3.8, 4) is 5.75 Å². The molecular formula is C26H28F3NO2. The number of halogens is 3. The van der Waals surface area contributed by atoms with Gasteiger partial charge in [-0.15, -0.1) is 0 Å². The minimum absolute atomic E-state index is 0.297. The van der Waals surface area contributed by atoms with Crippen LogP contribution in [-0.2, 0) is 6.18 Å². The van der Waals surface area contributed by atoms with Crippen molar-refractivity contribution in [1.29, 1.82) is 0 Å². The summed E-state index contributed by atoms with van der Waals surface area (Å²) in [5.74, 6) is 0.397. The summed E-state index contributed by atoms with van der Waals surface area (Å²) in [5, 5.41) is 10.4. The molecule has 3 rings (SSSR count). The molecular weight excluding hydrogens is 415 g/mol. The van der Waals surface area contributed by atoms with Gasteiger partial charge in [-0.25, -0.2) is 0 Å². The fraction of sp³-hybridized carbons (Fsp3) is 0.308. The summed E-state index contributed by atoms with van der Waals surface area (Å²) in [6.45, 7) is 1.42. The van der Waals surface area contributed by atoms with Crippen molar-refractivity contribution in [2.45, 2.75) is 31.2 Å². The van der Waals surface area contributed by atoms with Crippen LogP contribution in [0.15, 0.2) is 84.9 Å². The smallest absolute Gasteiger partial charge is 0.416 e. The number of ether oxygens (including phenoxy) is 1. The Morgan fingerprint density at radius 1 is 0.781 bits per heavy atom. The van der Waals surface area contributed by atoms with E-state index in [4.69, 9.17) is 4.74 Å². The summed E-state index contributed by atoms with van der Waals surface area (Å²) in [4.78, 5) is 2.12. The second kappa shape index (κ2) is 11.2. The highest BCUT2D eigenvalue weighted by atomic mass is 19.4. The summed E-state index contributed by atoms with van der Waals surface area (Å²) in [6, 6.07) is 24.0. The second-order valence-corrected chi connectivity index (χ2v) is 7.85. The standard InChI is InChI=1S/C26H28F3NO2/c1-30(18-16-24(31)20-8-4-2-5-9-20)19-17-25(21-10-6-3-7-11-21)32-23-14-12-22(13-15-23)26(27,28)29/h2-15,24-25,31H,16-19H2,1H3. The molecule has 3 aromatic rings. The quantitative estimate of drug-likeness (QED) is 0.401. The molecule has 0 radical (unpaired) electrons. The van der Waals surface area contributed by atoms with Crippen LogP contribution in [0.25, 0.3) is 0 Å². The van der Waals surface area contributed by atoms with E-state index in [0.717, 1.165) is 23.3 Å². The van der Waals surface area contributed by atoms with E-state index in [1.807, 2.05) is 67.7 Å². The lowest BCUT2D eigenvalue weighted by atomic mass is 10.1. The van der Waals surface area contributed by atoms with E-state index in [2.05, 4.69) is 4.90 Å². The van der Waals surface area contributed by atoms with Gasteiger partial charge in [0.15, 0.2) is 0 Å². The molecule has 0 aliphatic carbocycles. The van der Waals surface area contributed by atoms with E-state index in [0.29, 0.717) is 31.7 Å². The molecule has 0 amide bonds. The molecule has 3 nitrogen and oxygen atoms in total. The molecule has 170 valence electrons. The molecule has 32 heavy (non-hydrogen) atoms. The molecule has 0 spiro atoms. The van der Waals surface area contributed by atoms with Crippen LogP contribution in [0.5, 0.6) is 5.75 Å². The zero-order valence-corrected chi connectivity index (χ0v) is 18.0. The second-order valence-electron chi connectivity index (χ2n) is 7.85. The van der Waals surface area contributed by atoms with Gasteiger partial charge < -0.3 is 14.7 Å². The molecule has 0 aliphatic rings. The number of nitrogens with zero attached hydrogens (tertiary/aromatic N) is 1. The Bertz CT molecular complexity index is 931. The van der Waals surface area contributed by atoms with Gasteiger partial charge >= 0.3 is 6.18 Å². The van der Waals surface area contributed by atoms with E-state index in [9.17, 15) is 18.3 Å². The number of alkyl halides is 3. The Balaban J connectivity index is 1.59. The fourth-order valence-electron chi connectivity index (χ4n) is 3.48. The third-order valence-electron chi connectivity index (χ3n) is 5.37. The lowest BCUT2D eigenvalue weighted by Crippen LogP contribution is -2.25. The van der Waals surface area contributed by atoms with Gasteiger partial charge in [-0.1, -0.05) is 60.7 Å². The van der Waals surface area contributed by atoms with Crippen molar-refractivity contribution in [3.05, 3.63) is 102 Å². The average Bonchev–Trinajstić information content (AvgIpc) is 2.81. The zero-order valence-electron chi connectivity index (χ0n) is 18.0. The summed E-state index contributed by atoms with van der Waals surface area (Å²) in [7, 11) is 1.98. The highest BCUT2D eigenvalue weighted by molar-refractivity contribution is 5.30. The average molecular weight is 444 g/mol. The van der Waals surface area contributed by atoms with Crippen LogP contribution in [0, 0.1) is 0 Å². The Kier molecular flexibility index (Phi) is 8.31. The van der Waals surface area contributed by atoms with Crippen molar-refractivity contribution >= 4 is 0 Å². The maximum absolute atomic E-state index is 12.8. The number of rotatable bonds is 10. The number of hydrogen-bond acceptors (Lipinski definition) is 3. The molecule has 1 N–H and O–H groups in total. The van der Waals surface area contributed by atoms with Gasteiger partial charge in [-0.05, 0) is 48.9 Å². The molecule has 3 aromatic carbocycles. The summed E-state index contributed by atoms with van der Waals surface area (Å²) in [6.07, 6.45) is -3.93. The van der Waals surface area contributed by atoms with Crippen molar-refractivity contribution in [3.63, 3.8) is 0 Å². The molecule has 0 saturated carbocycles. The highest BCUT2D eigenvalue weighted by Gasteiger charge is 2.30. The number of aliphatic hydroxyl groups excluding tert-OH is 1. The maximum atomic E-state index is 12.8. The number of hydrogen-bond donors (Lipinski definition) is 1. The molecule has 0 bridgehead atoms. The van der Waals surface area contributed by atoms with Crippen LogP contribution in [0.4, 0.5) is 13.2 Å². The zero-order chi connectivity index (χ0) is 23.0. The number of aliphatic hydroxyl groups is 1. The first kappa shape index (κ1) is 23.8. The normalized spacial score (nSPS) is 13.7. The first-order chi connectivity index (χ1) is 15.3. The third-order valence-corrected chi connectivity index (χ3v) is 5.37. The third kappa shape index (κ3) is 7.11. The van der Waals surface area contributed by atoms with Gasteiger partial charge in [0, 0.05) is 19.5 Å². The fourth-order valence-corrected chi connectivity index (χ4v) is 3.48. The van der Waals surface area contributed by atoms with Gasteiger partial charge in [-0.3, -0.25) is 0 Å². The van der Waals surface area contributed by atoms with Crippen molar-refractivity contribution in [2.75, 3.05) is 20.1 Å². The van der Waals surface area contributed by atoms with E-state index < -0.39 is 17.8 Å². The van der Waals surface area contributed by atoms with E-state index in [-0.39, 0.29) is 6.10 Å². The largest absolute Gasteiger partial charge is 0.486 e. The van der Waals surface area contributed by atoms with Gasteiger partial charge in [0.2, 0.25) is 0 Å². The van der Waals surface area contributed by atoms with Crippen LogP contribution in [0.1, 0.15) is 41.7 Å². The maximum Gasteiger partial charge on any atom is 0.416 e. The Morgan fingerprint density at radius 2 is 1.31 bits per heavy atom. The first-order valence-electron chi connectivity index (χ1n) is 10.6. The Morgan fingerprint density at radius 3 is 1.88 bits per heavy atom. The van der Waals surface area contributed by atoms with Crippen molar-refractivity contribution in [1.82, 2.24) is 4.90 Å². The van der Waals surface area contributed by atoms with Crippen LogP contribution in [-0.4, -0.2) is 30.1 Å². The molecule has 2 unspecified atom stereocenters. The minimum Gasteiger partial charge on any atom is -0.486 e.